The van der Waals surface area contributed by atoms with E-state index in [-0.39, 0.29) is 23.9 Å². The molecule has 55 heavy (non-hydrogen) atoms. The molecule has 0 bridgehead atoms. The molecule has 2 N–H and O–H groups in total. The first kappa shape index (κ1) is 36.9. The van der Waals surface area contributed by atoms with Gasteiger partial charge in [-0.05, 0) is 118 Å². The third-order valence-corrected chi connectivity index (χ3v) is 13.3. The number of carbonyl (C=O) groups excluding carboxylic acids is 2. The quantitative estimate of drug-likeness (QED) is 0.106. The van der Waals surface area contributed by atoms with Gasteiger partial charge in [-0.25, -0.2) is 24.2 Å². The van der Waals surface area contributed by atoms with Crippen LogP contribution in [0.2, 0.25) is 0 Å². The second-order valence-corrected chi connectivity index (χ2v) is 17.6. The van der Waals surface area contributed by atoms with E-state index < -0.39 is 38.5 Å². The van der Waals surface area contributed by atoms with Crippen molar-refractivity contribution >= 4 is 27.8 Å². The number of sulfonamides is 1. The molecule has 4 aromatic rings. The minimum Gasteiger partial charge on any atom is -0.477 e. The standard InChI is InChI=1S/C40H46FN7O6S/c1-38(2)24-28(10-7-21-42-37(50)54-26-27-8-4-3-5-9-27)25-47(38)35-29(36(49)46-55(51,52)34-12-6-11-31(41)43-34)13-14-32(44-35)48-22-15-33(45-48)53-23-16-30-39(17-18-39)40(30)19-20-40/h3-6,8-9,11-15,22,28,30H,7,10,16-21,23-26H2,1-2H3,(H,42,50)(H,46,49)/t28-/m0/s1. The number of anilines is 1. The van der Waals surface area contributed by atoms with E-state index in [1.807, 2.05) is 49.1 Å². The van der Waals surface area contributed by atoms with Crippen molar-refractivity contribution in [3.8, 4) is 11.7 Å². The number of alkyl carbamates (subject to hydrolysis) is 1. The number of carbonyl (C=O) groups is 2. The molecule has 0 radical (unpaired) electrons. The SMILES string of the molecule is CC1(C)C[C@H](CCCNC(=O)OCc2ccccc2)CN1c1nc(-n2ccc(OCCC3C4(CC4)C34CC4)n2)ccc1C(=O)NS(=O)(=O)c1cccc(F)n1. The molecule has 3 aromatic heterocycles. The second kappa shape index (κ2) is 14.2. The number of hydrogen-bond acceptors (Lipinski definition) is 10. The lowest BCUT2D eigenvalue weighted by molar-refractivity contribution is 0.0981. The number of rotatable bonds is 15. The molecular formula is C40H46FN7O6S. The van der Waals surface area contributed by atoms with Crippen LogP contribution in [0.3, 0.4) is 0 Å². The van der Waals surface area contributed by atoms with Crippen molar-refractivity contribution < 1.29 is 31.9 Å². The minimum atomic E-state index is -4.50. The Kier molecular flexibility index (Phi) is 9.54. The number of pyridine rings is 2. The molecule has 290 valence electrons. The van der Waals surface area contributed by atoms with E-state index in [1.54, 1.807) is 23.0 Å². The third-order valence-electron chi connectivity index (χ3n) is 12.1. The van der Waals surface area contributed by atoms with Gasteiger partial charge >= 0.3 is 6.09 Å². The topological polar surface area (TPSA) is 158 Å². The van der Waals surface area contributed by atoms with Crippen LogP contribution in [0, 0.1) is 28.6 Å². The van der Waals surface area contributed by atoms with Crippen LogP contribution in [0.4, 0.5) is 15.0 Å². The van der Waals surface area contributed by atoms with Gasteiger partial charge in [0.15, 0.2) is 10.8 Å². The lowest BCUT2D eigenvalue weighted by atomic mass is 9.93. The summed E-state index contributed by atoms with van der Waals surface area (Å²) in [7, 11) is -4.50. The van der Waals surface area contributed by atoms with Crippen molar-refractivity contribution in [1.82, 2.24) is 29.8 Å². The molecule has 3 saturated carbocycles. The second-order valence-electron chi connectivity index (χ2n) is 16.0. The number of fused-ring (bicyclic) bond motifs is 1. The number of nitrogens with zero attached hydrogens (tertiary/aromatic N) is 5. The highest BCUT2D eigenvalue weighted by Gasteiger charge is 2.85. The maximum absolute atomic E-state index is 13.8. The Hall–Kier alpha value is -5.05. The van der Waals surface area contributed by atoms with Gasteiger partial charge in [-0.2, -0.15) is 12.8 Å². The van der Waals surface area contributed by atoms with E-state index in [0.29, 0.717) is 48.6 Å². The molecule has 1 aliphatic heterocycles. The Morgan fingerprint density at radius 3 is 2.44 bits per heavy atom. The summed E-state index contributed by atoms with van der Waals surface area (Å²) in [6, 6.07) is 17.7. The molecule has 2 amide bonds. The van der Waals surface area contributed by atoms with Crippen LogP contribution < -0.4 is 19.7 Å². The molecule has 1 atom stereocenters. The van der Waals surface area contributed by atoms with Crippen molar-refractivity contribution in [3.63, 3.8) is 0 Å². The molecule has 3 aliphatic carbocycles. The number of aromatic nitrogens is 4. The summed E-state index contributed by atoms with van der Waals surface area (Å²) < 4.78 is 55.1. The molecule has 1 aromatic carbocycles. The minimum absolute atomic E-state index is 0.0244. The maximum Gasteiger partial charge on any atom is 0.407 e. The number of hydrogen-bond donors (Lipinski definition) is 2. The highest BCUT2D eigenvalue weighted by Crippen LogP contribution is 2.93. The smallest absolute Gasteiger partial charge is 0.407 e. The lowest BCUT2D eigenvalue weighted by Gasteiger charge is -2.34. The molecule has 2 spiro atoms. The van der Waals surface area contributed by atoms with Gasteiger partial charge in [0.25, 0.3) is 15.9 Å². The first-order valence-electron chi connectivity index (χ1n) is 19.0. The molecular weight excluding hydrogens is 726 g/mol. The van der Waals surface area contributed by atoms with E-state index in [1.165, 1.54) is 37.8 Å². The van der Waals surface area contributed by atoms with Crippen LogP contribution in [0.15, 0.2) is 78.0 Å². The van der Waals surface area contributed by atoms with Gasteiger partial charge in [0.05, 0.1) is 12.2 Å². The highest BCUT2D eigenvalue weighted by molar-refractivity contribution is 7.90. The van der Waals surface area contributed by atoms with Gasteiger partial charge in [-0.3, -0.25) is 4.79 Å². The van der Waals surface area contributed by atoms with Gasteiger partial charge in [-0.15, -0.1) is 5.10 Å². The Morgan fingerprint density at radius 1 is 0.945 bits per heavy atom. The molecule has 15 heteroatoms. The Labute approximate surface area is 320 Å². The summed E-state index contributed by atoms with van der Waals surface area (Å²) in [5.74, 6) is 0.223. The van der Waals surface area contributed by atoms with Gasteiger partial charge in [-0.1, -0.05) is 36.4 Å². The monoisotopic (exact) mass is 771 g/mol. The van der Waals surface area contributed by atoms with Crippen molar-refractivity contribution in [3.05, 3.63) is 90.0 Å². The Balaban J connectivity index is 0.957. The normalized spacial score (nSPS) is 20.0. The molecule has 0 unspecified atom stereocenters. The van der Waals surface area contributed by atoms with Gasteiger partial charge < -0.3 is 19.7 Å². The average Bonchev–Trinajstić information content (AvgIpc) is 4.12. The molecule has 13 nitrogen and oxygen atoms in total. The van der Waals surface area contributed by atoms with Crippen molar-refractivity contribution in [2.45, 2.75) is 82.4 Å². The van der Waals surface area contributed by atoms with Crippen LogP contribution in [-0.2, 0) is 21.4 Å². The fraction of sp³-hybridized carbons (Fsp3) is 0.475. The van der Waals surface area contributed by atoms with Crippen molar-refractivity contribution in [1.29, 1.82) is 0 Å². The number of benzene rings is 1. The number of halogens is 1. The average molecular weight is 772 g/mol. The molecule has 4 heterocycles. The van der Waals surface area contributed by atoms with E-state index in [4.69, 9.17) is 14.5 Å². The number of ether oxygens (including phenoxy) is 2. The van der Waals surface area contributed by atoms with Crippen molar-refractivity contribution in [2.75, 3.05) is 24.6 Å². The van der Waals surface area contributed by atoms with Crippen molar-refractivity contribution in [2.24, 2.45) is 22.7 Å². The van der Waals surface area contributed by atoms with Gasteiger partial charge in [0, 0.05) is 30.9 Å². The predicted molar refractivity (Wildman–Crippen MR) is 201 cm³/mol. The summed E-state index contributed by atoms with van der Waals surface area (Å²) in [5, 5.41) is 6.83. The first-order valence-corrected chi connectivity index (χ1v) is 20.5. The molecule has 4 aliphatic rings. The third kappa shape index (κ3) is 7.50. The highest BCUT2D eigenvalue weighted by atomic mass is 32.2. The Morgan fingerprint density at radius 2 is 1.71 bits per heavy atom. The Bertz CT molecular complexity index is 2170. The number of amides is 2. The zero-order valence-corrected chi connectivity index (χ0v) is 31.9. The van der Waals surface area contributed by atoms with Gasteiger partial charge in [0.2, 0.25) is 11.8 Å². The summed E-state index contributed by atoms with van der Waals surface area (Å²) in [6.07, 6.45) is 9.99. The van der Waals surface area contributed by atoms with Crippen LogP contribution >= 0.6 is 0 Å². The summed E-state index contributed by atoms with van der Waals surface area (Å²) >= 11 is 0. The summed E-state index contributed by atoms with van der Waals surface area (Å²) in [6.45, 7) is 5.85. The summed E-state index contributed by atoms with van der Waals surface area (Å²) in [5.41, 5.74) is 1.69. The van der Waals surface area contributed by atoms with Crippen LogP contribution in [0.1, 0.15) is 81.1 Å². The fourth-order valence-corrected chi connectivity index (χ4v) is 10.1. The molecule has 1 saturated heterocycles. The van der Waals surface area contributed by atoms with E-state index >= 15 is 0 Å². The number of nitrogens with one attached hydrogen (secondary N) is 2. The summed E-state index contributed by atoms with van der Waals surface area (Å²) in [4.78, 5) is 36.4. The molecule has 8 rings (SSSR count). The van der Waals surface area contributed by atoms with Crippen LogP contribution in [-0.4, -0.2) is 65.4 Å². The maximum atomic E-state index is 13.8. The van der Waals surface area contributed by atoms with E-state index in [0.717, 1.165) is 42.9 Å². The zero-order chi connectivity index (χ0) is 38.4. The lowest BCUT2D eigenvalue weighted by Crippen LogP contribution is -2.41. The van der Waals surface area contributed by atoms with E-state index in [9.17, 15) is 22.4 Å². The molecule has 4 fully saturated rings. The zero-order valence-electron chi connectivity index (χ0n) is 31.0. The largest absolute Gasteiger partial charge is 0.477 e. The van der Waals surface area contributed by atoms with Crippen LogP contribution in [0.5, 0.6) is 5.88 Å². The van der Waals surface area contributed by atoms with Crippen LogP contribution in [0.25, 0.3) is 5.82 Å². The fourth-order valence-electron chi connectivity index (χ4n) is 9.17. The van der Waals surface area contributed by atoms with E-state index in [2.05, 4.69) is 20.1 Å². The first-order chi connectivity index (χ1) is 26.4. The van der Waals surface area contributed by atoms with Gasteiger partial charge in [0.1, 0.15) is 12.4 Å². The predicted octanol–water partition coefficient (Wildman–Crippen LogP) is 6.19.